The fraction of sp³-hybridized carbons (Fsp3) is 0.370. The lowest BCUT2D eigenvalue weighted by Crippen LogP contribution is -2.40. The van der Waals surface area contributed by atoms with E-state index in [9.17, 15) is 9.59 Å². The predicted octanol–water partition coefficient (Wildman–Crippen LogP) is 3.79. The molecule has 1 aromatic heterocycles. The number of hydrogen-bond donors (Lipinski definition) is 1. The number of carbonyl (C=O) groups excluding carboxylic acids is 1. The molecule has 0 saturated heterocycles. The summed E-state index contributed by atoms with van der Waals surface area (Å²) in [5.41, 5.74) is 3.32. The molecular formula is C27H32N4O3. The summed E-state index contributed by atoms with van der Waals surface area (Å²) in [7, 11) is 0. The van der Waals surface area contributed by atoms with Crippen LogP contribution in [0.1, 0.15) is 42.9 Å². The highest BCUT2D eigenvalue weighted by Crippen LogP contribution is 2.24. The summed E-state index contributed by atoms with van der Waals surface area (Å²) >= 11 is 0. The van der Waals surface area contributed by atoms with Crippen molar-refractivity contribution < 1.29 is 9.53 Å². The second-order valence-corrected chi connectivity index (χ2v) is 8.52. The molecule has 0 saturated carbocycles. The van der Waals surface area contributed by atoms with E-state index in [0.29, 0.717) is 43.3 Å². The molecule has 0 spiro atoms. The summed E-state index contributed by atoms with van der Waals surface area (Å²) in [5, 5.41) is 2.90. The Morgan fingerprint density at radius 3 is 2.62 bits per heavy atom. The number of anilines is 1. The molecule has 0 aliphatic carbocycles. The second-order valence-electron chi connectivity index (χ2n) is 8.52. The van der Waals surface area contributed by atoms with Crippen molar-refractivity contribution in [2.45, 2.75) is 52.7 Å². The number of nitrogens with zero attached hydrogens (tertiary/aromatic N) is 3. The Labute approximate surface area is 200 Å². The Morgan fingerprint density at radius 1 is 1.09 bits per heavy atom. The molecular weight excluding hydrogens is 428 g/mol. The average Bonchev–Trinajstić information content (AvgIpc) is 2.84. The van der Waals surface area contributed by atoms with E-state index in [0.717, 1.165) is 30.8 Å². The molecule has 4 rings (SSSR count). The Morgan fingerprint density at radius 2 is 1.85 bits per heavy atom. The standard InChI is InChI=1S/C27H32N4O3/c1-3-10-25-28-23-18-30(17-20-11-6-5-7-12-20)16-15-21(23)27(33)31(25)19-26(32)29-22-13-8-9-14-24(22)34-4-2/h5-9,11-14H,3-4,10,15-19H2,1-2H3,(H,29,32). The van der Waals surface area contributed by atoms with Crippen molar-refractivity contribution >= 4 is 11.6 Å². The molecule has 2 heterocycles. The van der Waals surface area contributed by atoms with Gasteiger partial charge < -0.3 is 10.1 Å². The van der Waals surface area contributed by atoms with Gasteiger partial charge in [-0.3, -0.25) is 19.1 Å². The topological polar surface area (TPSA) is 76.5 Å². The molecule has 0 unspecified atom stereocenters. The Balaban J connectivity index is 1.54. The van der Waals surface area contributed by atoms with Gasteiger partial charge in [0.25, 0.3) is 5.56 Å². The van der Waals surface area contributed by atoms with Gasteiger partial charge in [0.15, 0.2) is 0 Å². The average molecular weight is 461 g/mol. The van der Waals surface area contributed by atoms with Crippen LogP contribution in [0.5, 0.6) is 5.75 Å². The second kappa shape index (κ2) is 11.1. The van der Waals surface area contributed by atoms with Crippen molar-refractivity contribution in [1.82, 2.24) is 14.5 Å². The number of rotatable bonds is 9. The van der Waals surface area contributed by atoms with Crippen LogP contribution in [0.25, 0.3) is 0 Å². The van der Waals surface area contributed by atoms with E-state index < -0.39 is 0 Å². The normalized spacial score (nSPS) is 13.4. The number of aryl methyl sites for hydroxylation is 1. The number of aromatic nitrogens is 2. The van der Waals surface area contributed by atoms with Crippen LogP contribution in [-0.4, -0.2) is 33.5 Å². The van der Waals surface area contributed by atoms with Crippen LogP contribution in [0, 0.1) is 0 Å². The molecule has 0 fully saturated rings. The molecule has 0 atom stereocenters. The van der Waals surface area contributed by atoms with Gasteiger partial charge in [-0.05, 0) is 37.5 Å². The number of ether oxygens (including phenoxy) is 1. The minimum atomic E-state index is -0.269. The van der Waals surface area contributed by atoms with Crippen molar-refractivity contribution in [2.24, 2.45) is 0 Å². The van der Waals surface area contributed by atoms with Gasteiger partial charge in [0, 0.05) is 31.6 Å². The predicted molar refractivity (Wildman–Crippen MR) is 133 cm³/mol. The van der Waals surface area contributed by atoms with Crippen molar-refractivity contribution in [3.8, 4) is 5.75 Å². The van der Waals surface area contributed by atoms with Gasteiger partial charge in [0.05, 0.1) is 18.0 Å². The Bertz CT molecular complexity index is 1190. The number of fused-ring (bicyclic) bond motifs is 1. The zero-order chi connectivity index (χ0) is 23.9. The van der Waals surface area contributed by atoms with Crippen LogP contribution in [-0.2, 0) is 37.3 Å². The molecule has 3 aromatic rings. The molecule has 0 radical (unpaired) electrons. The summed E-state index contributed by atoms with van der Waals surface area (Å²) in [5.74, 6) is 1.01. The number of nitrogens with one attached hydrogen (secondary N) is 1. The highest BCUT2D eigenvalue weighted by atomic mass is 16.5. The van der Waals surface area contributed by atoms with E-state index in [4.69, 9.17) is 9.72 Å². The molecule has 7 heteroatoms. The first kappa shape index (κ1) is 23.7. The number of benzene rings is 2. The minimum Gasteiger partial charge on any atom is -0.492 e. The molecule has 1 aliphatic rings. The highest BCUT2D eigenvalue weighted by molar-refractivity contribution is 5.92. The third-order valence-electron chi connectivity index (χ3n) is 5.96. The quantitative estimate of drug-likeness (QED) is 0.526. The molecule has 7 nitrogen and oxygen atoms in total. The van der Waals surface area contributed by atoms with Gasteiger partial charge in [0.2, 0.25) is 5.91 Å². The van der Waals surface area contributed by atoms with Crippen LogP contribution in [0.2, 0.25) is 0 Å². The number of hydrogen-bond acceptors (Lipinski definition) is 5. The van der Waals surface area contributed by atoms with Gasteiger partial charge in [0.1, 0.15) is 18.1 Å². The smallest absolute Gasteiger partial charge is 0.257 e. The third-order valence-corrected chi connectivity index (χ3v) is 5.96. The number of carbonyl (C=O) groups is 1. The summed E-state index contributed by atoms with van der Waals surface area (Å²) in [6, 6.07) is 17.6. The maximum Gasteiger partial charge on any atom is 0.257 e. The van der Waals surface area contributed by atoms with E-state index in [1.165, 1.54) is 5.56 Å². The minimum absolute atomic E-state index is 0.0668. The zero-order valence-corrected chi connectivity index (χ0v) is 19.9. The summed E-state index contributed by atoms with van der Waals surface area (Å²) < 4.78 is 7.15. The maximum absolute atomic E-state index is 13.4. The lowest BCUT2D eigenvalue weighted by Gasteiger charge is -2.29. The van der Waals surface area contributed by atoms with Crippen molar-refractivity contribution in [2.75, 3.05) is 18.5 Å². The molecule has 0 bridgehead atoms. The number of amides is 1. The maximum atomic E-state index is 13.4. The fourth-order valence-electron chi connectivity index (χ4n) is 4.37. The Hall–Kier alpha value is -3.45. The van der Waals surface area contributed by atoms with E-state index >= 15 is 0 Å². The summed E-state index contributed by atoms with van der Waals surface area (Å²) in [6.45, 7) is 6.65. The van der Waals surface area contributed by atoms with Gasteiger partial charge in [-0.15, -0.1) is 0 Å². The first-order valence-corrected chi connectivity index (χ1v) is 12.0. The van der Waals surface area contributed by atoms with Crippen LogP contribution in [0.4, 0.5) is 5.69 Å². The molecule has 1 N–H and O–H groups in total. The molecule has 178 valence electrons. The summed E-state index contributed by atoms with van der Waals surface area (Å²) in [4.78, 5) is 33.5. The van der Waals surface area contributed by atoms with Crippen molar-refractivity contribution in [3.63, 3.8) is 0 Å². The van der Waals surface area contributed by atoms with E-state index in [-0.39, 0.29) is 18.0 Å². The fourth-order valence-corrected chi connectivity index (χ4v) is 4.37. The molecule has 1 aliphatic heterocycles. The van der Waals surface area contributed by atoms with Crippen molar-refractivity contribution in [1.29, 1.82) is 0 Å². The molecule has 1 amide bonds. The zero-order valence-electron chi connectivity index (χ0n) is 19.9. The van der Waals surface area contributed by atoms with E-state index in [1.807, 2.05) is 43.3 Å². The van der Waals surface area contributed by atoms with E-state index in [2.05, 4.69) is 29.3 Å². The largest absolute Gasteiger partial charge is 0.492 e. The van der Waals surface area contributed by atoms with Crippen molar-refractivity contribution in [3.05, 3.63) is 87.6 Å². The van der Waals surface area contributed by atoms with Crippen LogP contribution in [0.15, 0.2) is 59.4 Å². The van der Waals surface area contributed by atoms with Gasteiger partial charge in [-0.25, -0.2) is 4.98 Å². The lowest BCUT2D eigenvalue weighted by molar-refractivity contribution is -0.116. The SMILES string of the molecule is CCCc1nc2c(c(=O)n1CC(=O)Nc1ccccc1OCC)CCN(Cc1ccccc1)C2. The van der Waals surface area contributed by atoms with Gasteiger partial charge in [-0.1, -0.05) is 49.4 Å². The molecule has 34 heavy (non-hydrogen) atoms. The van der Waals surface area contributed by atoms with Crippen LogP contribution >= 0.6 is 0 Å². The van der Waals surface area contributed by atoms with Crippen LogP contribution < -0.4 is 15.6 Å². The van der Waals surface area contributed by atoms with Gasteiger partial charge >= 0.3 is 0 Å². The first-order chi connectivity index (χ1) is 16.6. The van der Waals surface area contributed by atoms with Gasteiger partial charge in [-0.2, -0.15) is 0 Å². The summed E-state index contributed by atoms with van der Waals surface area (Å²) in [6.07, 6.45) is 2.12. The Kier molecular flexibility index (Phi) is 7.75. The number of para-hydroxylation sites is 2. The first-order valence-electron chi connectivity index (χ1n) is 12.0. The highest BCUT2D eigenvalue weighted by Gasteiger charge is 2.24. The lowest BCUT2D eigenvalue weighted by atomic mass is 10.0. The van der Waals surface area contributed by atoms with Crippen LogP contribution in [0.3, 0.4) is 0 Å². The molecule has 2 aromatic carbocycles. The third kappa shape index (κ3) is 5.54. The van der Waals surface area contributed by atoms with E-state index in [1.54, 1.807) is 10.6 Å². The monoisotopic (exact) mass is 460 g/mol.